The molecule has 0 N–H and O–H groups in total. The van der Waals surface area contributed by atoms with Gasteiger partial charge in [-0.2, -0.15) is 0 Å². The number of nitrogens with zero attached hydrogens (tertiary/aromatic N) is 2. The van der Waals surface area contributed by atoms with E-state index in [4.69, 9.17) is 4.42 Å². The fourth-order valence-electron chi connectivity index (χ4n) is 1.28. The van der Waals surface area contributed by atoms with Gasteiger partial charge in [0.1, 0.15) is 11.6 Å². The van der Waals surface area contributed by atoms with E-state index in [1.807, 2.05) is 31.5 Å². The Bertz CT molecular complexity index is 443. The zero-order chi connectivity index (χ0) is 12.0. The minimum Gasteiger partial charge on any atom is -0.456 e. The van der Waals surface area contributed by atoms with E-state index in [-0.39, 0.29) is 0 Å². The van der Waals surface area contributed by atoms with Crippen molar-refractivity contribution in [3.63, 3.8) is 0 Å². The minimum atomic E-state index is 0.359. The molecule has 0 amide bonds. The van der Waals surface area contributed by atoms with Crippen molar-refractivity contribution in [1.29, 1.82) is 0 Å². The molecule has 0 bridgehead atoms. The molecule has 0 aromatic carbocycles. The third kappa shape index (κ3) is 2.82. The summed E-state index contributed by atoms with van der Waals surface area (Å²) in [6.07, 6.45) is 4.31. The van der Waals surface area contributed by atoms with Gasteiger partial charge in [0.2, 0.25) is 0 Å². The Morgan fingerprint density at radius 3 is 2.69 bits per heavy atom. The highest BCUT2D eigenvalue weighted by Crippen LogP contribution is 2.08. The highest BCUT2D eigenvalue weighted by atomic mass is 16.3. The normalized spacial score (nSPS) is 9.44. The van der Waals surface area contributed by atoms with Gasteiger partial charge in [-0.05, 0) is 19.1 Å². The quantitative estimate of drug-likeness (QED) is 0.747. The van der Waals surface area contributed by atoms with Crippen LogP contribution in [0, 0.1) is 6.92 Å². The van der Waals surface area contributed by atoms with E-state index in [1.54, 1.807) is 18.3 Å². The summed E-state index contributed by atoms with van der Waals surface area (Å²) in [6, 6.07) is 3.46. The Balaban J connectivity index is 0.000000606. The number of furan rings is 1. The molecule has 0 saturated heterocycles. The second-order valence-electron chi connectivity index (χ2n) is 3.02. The zero-order valence-corrected chi connectivity index (χ0v) is 9.80. The molecular weight excluding hydrogens is 204 g/mol. The largest absolute Gasteiger partial charge is 0.456 e. The number of carbonyl (C=O) groups is 1. The Morgan fingerprint density at radius 2 is 2.19 bits per heavy atom. The fraction of sp³-hybridized carbons (Fsp3) is 0.333. The van der Waals surface area contributed by atoms with Gasteiger partial charge >= 0.3 is 0 Å². The molecule has 0 atom stereocenters. The van der Waals surface area contributed by atoms with Crippen LogP contribution in [0.15, 0.2) is 28.9 Å². The SMILES string of the molecule is CC.Cc1nccn1Cc1ccc(C=O)o1. The number of aldehydes is 1. The molecule has 16 heavy (non-hydrogen) atoms. The van der Waals surface area contributed by atoms with E-state index in [0.29, 0.717) is 18.6 Å². The molecule has 0 spiro atoms. The summed E-state index contributed by atoms with van der Waals surface area (Å²) in [5.41, 5.74) is 0. The van der Waals surface area contributed by atoms with E-state index >= 15 is 0 Å². The first kappa shape index (κ1) is 12.2. The standard InChI is InChI=1S/C10H10N2O2.C2H6/c1-8-11-4-5-12(8)6-9-2-3-10(7-13)14-9;1-2/h2-5,7H,6H2,1H3;1-2H3. The molecule has 86 valence electrons. The predicted molar refractivity (Wildman–Crippen MR) is 61.5 cm³/mol. The van der Waals surface area contributed by atoms with Crippen LogP contribution in [0.25, 0.3) is 0 Å². The maximum atomic E-state index is 10.4. The lowest BCUT2D eigenvalue weighted by molar-refractivity contribution is 0.109. The molecule has 2 rings (SSSR count). The summed E-state index contributed by atoms with van der Waals surface area (Å²) in [5.74, 6) is 2.04. The summed E-state index contributed by atoms with van der Waals surface area (Å²) in [4.78, 5) is 14.5. The molecule has 0 aliphatic heterocycles. The number of rotatable bonds is 3. The van der Waals surface area contributed by atoms with Crippen molar-refractivity contribution in [2.75, 3.05) is 0 Å². The molecule has 0 fully saturated rings. The average molecular weight is 220 g/mol. The van der Waals surface area contributed by atoms with Gasteiger partial charge in [0.15, 0.2) is 12.0 Å². The monoisotopic (exact) mass is 220 g/mol. The lowest BCUT2D eigenvalue weighted by Crippen LogP contribution is -1.99. The maximum absolute atomic E-state index is 10.4. The van der Waals surface area contributed by atoms with Gasteiger partial charge in [0.25, 0.3) is 0 Å². The van der Waals surface area contributed by atoms with Crippen LogP contribution >= 0.6 is 0 Å². The molecule has 0 radical (unpaired) electrons. The Morgan fingerprint density at radius 1 is 1.44 bits per heavy atom. The van der Waals surface area contributed by atoms with Crippen molar-refractivity contribution in [3.05, 3.63) is 41.9 Å². The number of aromatic nitrogens is 2. The van der Waals surface area contributed by atoms with Crippen LogP contribution in [0.5, 0.6) is 0 Å². The summed E-state index contributed by atoms with van der Waals surface area (Å²) in [5, 5.41) is 0. The summed E-state index contributed by atoms with van der Waals surface area (Å²) in [6.45, 7) is 6.53. The molecule has 0 unspecified atom stereocenters. The van der Waals surface area contributed by atoms with Gasteiger partial charge < -0.3 is 8.98 Å². The van der Waals surface area contributed by atoms with Crippen molar-refractivity contribution >= 4 is 6.29 Å². The fourth-order valence-corrected chi connectivity index (χ4v) is 1.28. The first-order valence-electron chi connectivity index (χ1n) is 5.31. The Labute approximate surface area is 94.9 Å². The molecule has 2 aromatic heterocycles. The van der Waals surface area contributed by atoms with Crippen LogP contribution in [0.4, 0.5) is 0 Å². The van der Waals surface area contributed by atoms with Crippen LogP contribution in [0.2, 0.25) is 0 Å². The molecule has 4 nitrogen and oxygen atoms in total. The van der Waals surface area contributed by atoms with Crippen molar-refractivity contribution in [2.24, 2.45) is 0 Å². The lowest BCUT2D eigenvalue weighted by atomic mass is 10.4. The molecular formula is C12H16N2O2. The van der Waals surface area contributed by atoms with E-state index in [9.17, 15) is 4.79 Å². The van der Waals surface area contributed by atoms with Gasteiger partial charge in [-0.1, -0.05) is 13.8 Å². The van der Waals surface area contributed by atoms with E-state index < -0.39 is 0 Å². The molecule has 2 aromatic rings. The number of hydrogen-bond donors (Lipinski definition) is 0. The first-order chi connectivity index (χ1) is 7.79. The third-order valence-corrected chi connectivity index (χ3v) is 2.05. The number of imidazole rings is 1. The molecule has 0 aliphatic rings. The molecule has 4 heteroatoms. The maximum Gasteiger partial charge on any atom is 0.185 e. The van der Waals surface area contributed by atoms with Crippen molar-refractivity contribution < 1.29 is 9.21 Å². The van der Waals surface area contributed by atoms with E-state index in [1.165, 1.54) is 0 Å². The van der Waals surface area contributed by atoms with Gasteiger partial charge in [-0.15, -0.1) is 0 Å². The van der Waals surface area contributed by atoms with Gasteiger partial charge in [-0.3, -0.25) is 4.79 Å². The first-order valence-corrected chi connectivity index (χ1v) is 5.31. The van der Waals surface area contributed by atoms with Crippen LogP contribution in [-0.4, -0.2) is 15.8 Å². The summed E-state index contributed by atoms with van der Waals surface area (Å²) >= 11 is 0. The second kappa shape index (κ2) is 5.90. The lowest BCUT2D eigenvalue weighted by Gasteiger charge is -2.00. The predicted octanol–water partition coefficient (Wildman–Crippen LogP) is 2.67. The zero-order valence-electron chi connectivity index (χ0n) is 9.80. The smallest absolute Gasteiger partial charge is 0.185 e. The number of carbonyl (C=O) groups excluding carboxylic acids is 1. The van der Waals surface area contributed by atoms with Crippen LogP contribution < -0.4 is 0 Å². The Hall–Kier alpha value is -1.84. The highest BCUT2D eigenvalue weighted by Gasteiger charge is 2.03. The molecule has 0 saturated carbocycles. The van der Waals surface area contributed by atoms with Crippen LogP contribution in [0.1, 0.15) is 36.0 Å². The van der Waals surface area contributed by atoms with Gasteiger partial charge in [-0.25, -0.2) is 4.98 Å². The number of aryl methyl sites for hydroxylation is 1. The van der Waals surface area contributed by atoms with Gasteiger partial charge in [0, 0.05) is 12.4 Å². The summed E-state index contributed by atoms with van der Waals surface area (Å²) < 4.78 is 7.20. The van der Waals surface area contributed by atoms with Crippen LogP contribution in [-0.2, 0) is 6.54 Å². The van der Waals surface area contributed by atoms with Gasteiger partial charge in [0.05, 0.1) is 6.54 Å². The number of hydrogen-bond acceptors (Lipinski definition) is 3. The summed E-state index contributed by atoms with van der Waals surface area (Å²) in [7, 11) is 0. The highest BCUT2D eigenvalue weighted by molar-refractivity contribution is 5.70. The van der Waals surface area contributed by atoms with Crippen molar-refractivity contribution in [2.45, 2.75) is 27.3 Å². The van der Waals surface area contributed by atoms with E-state index in [2.05, 4.69) is 4.98 Å². The third-order valence-electron chi connectivity index (χ3n) is 2.05. The molecule has 0 aliphatic carbocycles. The van der Waals surface area contributed by atoms with E-state index in [0.717, 1.165) is 11.6 Å². The topological polar surface area (TPSA) is 48.0 Å². The van der Waals surface area contributed by atoms with Crippen molar-refractivity contribution in [1.82, 2.24) is 9.55 Å². The second-order valence-corrected chi connectivity index (χ2v) is 3.02. The molecule has 2 heterocycles. The average Bonchev–Trinajstić information content (AvgIpc) is 2.92. The minimum absolute atomic E-state index is 0.359. The van der Waals surface area contributed by atoms with Crippen LogP contribution in [0.3, 0.4) is 0 Å². The van der Waals surface area contributed by atoms with Crippen molar-refractivity contribution in [3.8, 4) is 0 Å². The Kier molecular flexibility index (Phi) is 4.51.